The van der Waals surface area contributed by atoms with E-state index in [0.717, 1.165) is 10.7 Å². The van der Waals surface area contributed by atoms with E-state index in [1.165, 1.54) is 31.6 Å². The van der Waals surface area contributed by atoms with Crippen LogP contribution >= 0.6 is 7.82 Å². The molecule has 12 nitrogen and oxygen atoms in total. The molecule has 0 amide bonds. The number of fused-ring (bicyclic) bond motifs is 1. The summed E-state index contributed by atoms with van der Waals surface area (Å²) in [5.74, 6) is -1.11. The Morgan fingerprint density at radius 2 is 2.00 bits per heavy atom. The van der Waals surface area contributed by atoms with Crippen molar-refractivity contribution in [1.82, 2.24) is 19.9 Å². The molecule has 0 aliphatic heterocycles. The molecule has 1 radical (unpaired) electrons. The van der Waals surface area contributed by atoms with E-state index < -0.39 is 20.4 Å². The number of nitrogen functional groups attached to an aromatic ring is 2. The van der Waals surface area contributed by atoms with Crippen LogP contribution in [0.2, 0.25) is 0 Å². The average Bonchev–Trinajstić information content (AvgIpc) is 3.33. The van der Waals surface area contributed by atoms with Crippen molar-refractivity contribution >= 4 is 87.5 Å². The Morgan fingerprint density at radius 1 is 1.27 bits per heavy atom. The number of phosphoric acid groups is 1. The topological polar surface area (TPSA) is 193 Å². The average molecular weight is 501 g/mol. The summed E-state index contributed by atoms with van der Waals surface area (Å²) < 4.78 is 36.5. The predicted octanol–water partition coefficient (Wildman–Crippen LogP) is 1.95. The van der Waals surface area contributed by atoms with E-state index >= 15 is 0 Å². The quantitative estimate of drug-likeness (QED) is 0.131. The Morgan fingerprint density at radius 3 is 2.67 bits per heavy atom. The van der Waals surface area contributed by atoms with Crippen molar-refractivity contribution < 1.29 is 32.6 Å². The second-order valence-electron chi connectivity index (χ2n) is 6.79. The maximum atomic E-state index is 14.7. The van der Waals surface area contributed by atoms with Crippen LogP contribution in [0.15, 0.2) is 35.2 Å². The first-order valence-corrected chi connectivity index (χ1v) is 10.5. The van der Waals surface area contributed by atoms with Gasteiger partial charge in [-0.05, 0) is 19.1 Å². The molecule has 3 heterocycles. The predicted molar refractivity (Wildman–Crippen MR) is 116 cm³/mol. The molecule has 0 saturated heterocycles. The molecule has 1 aromatic carbocycles. The molecule has 33 heavy (non-hydrogen) atoms. The Balaban J connectivity index is 0.00000306. The fourth-order valence-electron chi connectivity index (χ4n) is 3.16. The number of nitrogens with zero attached hydrogens (tertiary/aromatic N) is 4. The first-order chi connectivity index (χ1) is 15.0. The largest absolute Gasteiger partial charge is 0.471 e. The maximum absolute atomic E-state index is 14.7. The molecule has 167 valence electrons. The number of aromatic nitrogens is 4. The van der Waals surface area contributed by atoms with Crippen molar-refractivity contribution in [3.05, 3.63) is 42.1 Å². The molecule has 0 spiro atoms. The number of carbonyl (C=O) groups is 1. The summed E-state index contributed by atoms with van der Waals surface area (Å²) in [5.41, 5.74) is 12.9. The van der Waals surface area contributed by atoms with Crippen LogP contribution in [-0.2, 0) is 15.8 Å². The number of rotatable bonds is 6. The van der Waals surface area contributed by atoms with Gasteiger partial charge in [-0.25, -0.2) is 13.6 Å². The van der Waals surface area contributed by atoms with E-state index in [2.05, 4.69) is 19.8 Å². The number of hydrogen-bond acceptors (Lipinski definition) is 9. The fourth-order valence-corrected chi connectivity index (χ4v) is 3.43. The van der Waals surface area contributed by atoms with E-state index in [0.29, 0.717) is 11.1 Å². The number of benzene rings is 1. The summed E-state index contributed by atoms with van der Waals surface area (Å²) in [4.78, 5) is 33.8. The van der Waals surface area contributed by atoms with Gasteiger partial charge in [0.15, 0.2) is 23.9 Å². The minimum Gasteiger partial charge on any atom is -0.398 e. The van der Waals surface area contributed by atoms with E-state index in [1.807, 2.05) is 0 Å². The fraction of sp³-hybridized carbons (Fsp3) is 0.111. The van der Waals surface area contributed by atoms with Gasteiger partial charge in [-0.15, -0.1) is 0 Å². The summed E-state index contributed by atoms with van der Waals surface area (Å²) in [5, 5.41) is 7.91. The third kappa shape index (κ3) is 5.24. The molecule has 3 aromatic heterocycles. The number of hydrogen-bond donors (Lipinski definition) is 4. The Kier molecular flexibility index (Phi) is 7.53. The second-order valence-corrected chi connectivity index (χ2v) is 8.02. The van der Waals surface area contributed by atoms with Crippen LogP contribution in [0.1, 0.15) is 17.3 Å². The smallest absolute Gasteiger partial charge is 0.398 e. The number of carbonyl (C=O) groups excluding carboxylic acids is 1. The first-order valence-electron chi connectivity index (χ1n) is 8.92. The zero-order valence-corrected chi connectivity index (χ0v) is 21.4. The number of anilines is 2. The van der Waals surface area contributed by atoms with Crippen molar-refractivity contribution in [2.45, 2.75) is 13.7 Å². The van der Waals surface area contributed by atoms with Crippen LogP contribution < -0.4 is 11.5 Å². The maximum Gasteiger partial charge on any atom is 0.471 e. The van der Waals surface area contributed by atoms with Crippen LogP contribution in [0.5, 0.6) is 0 Å². The summed E-state index contributed by atoms with van der Waals surface area (Å²) in [6, 6.07) is 2.32. The molecule has 0 saturated carbocycles. The van der Waals surface area contributed by atoms with Crippen molar-refractivity contribution in [1.29, 1.82) is 0 Å². The van der Waals surface area contributed by atoms with Crippen LogP contribution in [0.4, 0.5) is 15.9 Å². The van der Waals surface area contributed by atoms with E-state index in [9.17, 15) is 13.8 Å². The number of ketones is 1. The van der Waals surface area contributed by atoms with Crippen molar-refractivity contribution in [3.8, 4) is 22.4 Å². The van der Waals surface area contributed by atoms with Crippen molar-refractivity contribution in [3.63, 3.8) is 0 Å². The number of pyridine rings is 1. The normalized spacial score (nSPS) is 11.5. The van der Waals surface area contributed by atoms with Crippen molar-refractivity contribution in [2.24, 2.45) is 0 Å². The molecule has 0 fully saturated rings. The molecule has 0 unspecified atom stereocenters. The summed E-state index contributed by atoms with van der Waals surface area (Å²) >= 11 is 0. The van der Waals surface area contributed by atoms with Gasteiger partial charge in [-0.3, -0.25) is 14.3 Å². The van der Waals surface area contributed by atoms with Gasteiger partial charge in [-0.2, -0.15) is 5.10 Å². The van der Waals surface area contributed by atoms with Gasteiger partial charge in [0.25, 0.3) is 0 Å². The molecule has 0 bridgehead atoms. The van der Waals surface area contributed by atoms with Crippen LogP contribution in [-0.4, -0.2) is 86.9 Å². The number of halogens is 1. The van der Waals surface area contributed by atoms with E-state index in [1.54, 1.807) is 0 Å². The summed E-state index contributed by atoms with van der Waals surface area (Å²) in [6.45, 7) is 0.809. The minimum absolute atomic E-state index is 0. The number of Topliss-reactive ketones (excluding diaryl/α,β-unsaturated/α-hetero) is 1. The molecule has 0 aliphatic carbocycles. The van der Waals surface area contributed by atoms with Crippen LogP contribution in [0.25, 0.3) is 33.4 Å². The van der Waals surface area contributed by atoms with Gasteiger partial charge in [0.05, 0.1) is 17.3 Å². The first kappa shape index (κ1) is 25.6. The molecule has 0 aliphatic rings. The summed E-state index contributed by atoms with van der Waals surface area (Å²) in [7, 11) is -4.68. The minimum atomic E-state index is -4.68. The summed E-state index contributed by atoms with van der Waals surface area (Å²) in [6.07, 6.45) is 4.19. The number of nitrogens with two attached hydrogens (primary N) is 2. The van der Waals surface area contributed by atoms with Gasteiger partial charge in [0.1, 0.15) is 5.82 Å². The van der Waals surface area contributed by atoms with Crippen LogP contribution in [0, 0.1) is 5.82 Å². The second kappa shape index (κ2) is 9.70. The van der Waals surface area contributed by atoms with Gasteiger partial charge in [0, 0.05) is 91.7 Å². The molecule has 0 atom stereocenters. The zero-order chi connectivity index (χ0) is 23.2. The Bertz CT molecular complexity index is 1420. The number of phosphoric ester groups is 1. The molecule has 4 aromatic rings. The van der Waals surface area contributed by atoms with Gasteiger partial charge >= 0.3 is 7.82 Å². The molecular weight excluding hydrogens is 485 g/mol. The molecule has 15 heteroatoms. The monoisotopic (exact) mass is 501 g/mol. The Hall–Kier alpha value is -2.00. The van der Waals surface area contributed by atoms with Gasteiger partial charge in [0.2, 0.25) is 0 Å². The van der Waals surface area contributed by atoms with Gasteiger partial charge < -0.3 is 25.8 Å². The standard InChI is InChI=1S/C18H16FN6O6P.K/c1-8(26)10-2-11(13(19)3-14(10)20)16-15-17(31-24-18(15)21)12(5-22-16)9-4-23-25(6-9)7-30-32(27,28)29;/h2-6H,7,20H2,1H3,(H2,21,24)(H2,27,28,29);. The third-order valence-electron chi connectivity index (χ3n) is 4.60. The zero-order valence-electron chi connectivity index (χ0n) is 17.4. The Labute approximate surface area is 227 Å². The molecular formula is C18H16FKN6O6P. The SMILES string of the molecule is CC(=O)c1cc(-c2ncc(-c3cnn(COP(=O)(O)O)c3)c3onc(N)c23)c(F)cc1N.[K]. The molecule has 4 rings (SSSR count). The third-order valence-corrected chi connectivity index (χ3v) is 5.05. The van der Waals surface area contributed by atoms with Crippen LogP contribution in [0.3, 0.4) is 0 Å². The van der Waals surface area contributed by atoms with Gasteiger partial charge in [-0.1, -0.05) is 5.16 Å². The van der Waals surface area contributed by atoms with E-state index in [4.69, 9.17) is 25.8 Å². The van der Waals surface area contributed by atoms with Crippen molar-refractivity contribution in [2.75, 3.05) is 11.5 Å². The molecule has 6 N–H and O–H groups in total. The van der Waals surface area contributed by atoms with E-state index in [-0.39, 0.29) is 96.5 Å².